The van der Waals surface area contributed by atoms with Crippen LogP contribution in [-0.4, -0.2) is 19.8 Å². The van der Waals surface area contributed by atoms with Crippen LogP contribution in [0.15, 0.2) is 12.1 Å². The van der Waals surface area contributed by atoms with Crippen molar-refractivity contribution in [2.45, 2.75) is 31.6 Å². The first-order valence-electron chi connectivity index (χ1n) is 6.43. The average Bonchev–Trinajstić information content (AvgIpc) is 3.18. The molecule has 17 heavy (non-hydrogen) atoms. The zero-order valence-corrected chi connectivity index (χ0v) is 10.3. The van der Waals surface area contributed by atoms with Crippen LogP contribution in [0.1, 0.15) is 30.9 Å². The van der Waals surface area contributed by atoms with Gasteiger partial charge in [-0.3, -0.25) is 0 Å². The summed E-state index contributed by atoms with van der Waals surface area (Å²) in [6.07, 6.45) is 3.38. The van der Waals surface area contributed by atoms with Crippen molar-refractivity contribution in [1.29, 1.82) is 0 Å². The predicted molar refractivity (Wildman–Crippen MR) is 66.8 cm³/mol. The molecule has 0 bridgehead atoms. The lowest BCUT2D eigenvalue weighted by atomic mass is 9.89. The molecule has 0 unspecified atom stereocenters. The van der Waals surface area contributed by atoms with Gasteiger partial charge in [-0.05, 0) is 30.9 Å². The van der Waals surface area contributed by atoms with Crippen molar-refractivity contribution >= 4 is 0 Å². The molecule has 1 aliphatic heterocycles. The number of rotatable bonds is 3. The van der Waals surface area contributed by atoms with Crippen LogP contribution < -0.4 is 15.2 Å². The number of nitrogens with two attached hydrogens (primary N) is 1. The Kier molecular flexibility index (Phi) is 2.51. The Morgan fingerprint density at radius 1 is 1.24 bits per heavy atom. The number of benzene rings is 1. The largest absolute Gasteiger partial charge is 0.486 e. The fourth-order valence-corrected chi connectivity index (χ4v) is 2.76. The predicted octanol–water partition coefficient (Wildman–Crippen LogP) is 2.01. The molecule has 3 rings (SSSR count). The van der Waals surface area contributed by atoms with E-state index < -0.39 is 0 Å². The molecule has 1 aliphatic carbocycles. The number of ether oxygens (including phenoxy) is 2. The van der Waals surface area contributed by atoms with Crippen LogP contribution in [-0.2, 0) is 11.8 Å². The Bertz CT molecular complexity index is 438. The Balaban J connectivity index is 2.10. The molecule has 0 radical (unpaired) electrons. The lowest BCUT2D eigenvalue weighted by molar-refractivity contribution is 0.169. The first-order valence-corrected chi connectivity index (χ1v) is 6.43. The van der Waals surface area contributed by atoms with E-state index in [0.717, 1.165) is 24.5 Å². The summed E-state index contributed by atoms with van der Waals surface area (Å²) in [7, 11) is 0. The first kappa shape index (κ1) is 10.9. The van der Waals surface area contributed by atoms with Gasteiger partial charge in [0, 0.05) is 17.5 Å². The summed E-state index contributed by atoms with van der Waals surface area (Å²) in [5.74, 6) is 1.85. The van der Waals surface area contributed by atoms with E-state index in [0.29, 0.717) is 13.2 Å². The maximum absolute atomic E-state index is 5.93. The van der Waals surface area contributed by atoms with Gasteiger partial charge in [0.2, 0.25) is 0 Å². The highest BCUT2D eigenvalue weighted by Crippen LogP contribution is 2.51. The Labute approximate surface area is 102 Å². The van der Waals surface area contributed by atoms with E-state index >= 15 is 0 Å². The summed E-state index contributed by atoms with van der Waals surface area (Å²) in [5, 5.41) is 0. The topological polar surface area (TPSA) is 44.5 Å². The van der Waals surface area contributed by atoms with Crippen LogP contribution in [0, 0.1) is 0 Å². The zero-order valence-electron chi connectivity index (χ0n) is 10.3. The Morgan fingerprint density at radius 3 is 2.65 bits per heavy atom. The molecule has 1 aromatic carbocycles. The summed E-state index contributed by atoms with van der Waals surface area (Å²) in [4.78, 5) is 0. The summed E-state index contributed by atoms with van der Waals surface area (Å²) >= 11 is 0. The maximum Gasteiger partial charge on any atom is 0.164 e. The van der Waals surface area contributed by atoms with E-state index in [1.165, 1.54) is 24.0 Å². The molecular weight excluding hydrogens is 214 g/mol. The monoisotopic (exact) mass is 233 g/mol. The van der Waals surface area contributed by atoms with Crippen molar-refractivity contribution in [1.82, 2.24) is 0 Å². The van der Waals surface area contributed by atoms with Crippen molar-refractivity contribution in [3.05, 3.63) is 23.3 Å². The van der Waals surface area contributed by atoms with Crippen molar-refractivity contribution in [2.75, 3.05) is 19.8 Å². The van der Waals surface area contributed by atoms with Crippen molar-refractivity contribution in [3.63, 3.8) is 0 Å². The van der Waals surface area contributed by atoms with Crippen LogP contribution in [0.5, 0.6) is 11.5 Å². The highest BCUT2D eigenvalue weighted by atomic mass is 16.6. The highest BCUT2D eigenvalue weighted by Gasteiger charge is 2.45. The smallest absolute Gasteiger partial charge is 0.164 e. The molecular formula is C14H19NO2. The second-order valence-corrected chi connectivity index (χ2v) is 4.95. The third kappa shape index (κ3) is 1.61. The molecule has 0 aromatic heterocycles. The summed E-state index contributed by atoms with van der Waals surface area (Å²) in [6, 6.07) is 4.23. The summed E-state index contributed by atoms with van der Waals surface area (Å²) < 4.78 is 11.4. The fourth-order valence-electron chi connectivity index (χ4n) is 2.76. The molecule has 1 saturated carbocycles. The first-order chi connectivity index (χ1) is 8.30. The normalized spacial score (nSPS) is 20.1. The Morgan fingerprint density at radius 2 is 2.00 bits per heavy atom. The number of fused-ring (bicyclic) bond motifs is 1. The van der Waals surface area contributed by atoms with Gasteiger partial charge in [0.1, 0.15) is 13.2 Å². The van der Waals surface area contributed by atoms with Crippen LogP contribution in [0.25, 0.3) is 0 Å². The minimum absolute atomic E-state index is 0.223. The molecule has 0 spiro atoms. The van der Waals surface area contributed by atoms with Gasteiger partial charge in [0.05, 0.1) is 0 Å². The summed E-state index contributed by atoms with van der Waals surface area (Å²) in [5.41, 5.74) is 8.83. The second-order valence-electron chi connectivity index (χ2n) is 4.95. The molecule has 2 N–H and O–H groups in total. The van der Waals surface area contributed by atoms with E-state index in [-0.39, 0.29) is 5.41 Å². The van der Waals surface area contributed by atoms with E-state index in [9.17, 15) is 0 Å². The molecule has 92 valence electrons. The van der Waals surface area contributed by atoms with Crippen molar-refractivity contribution in [2.24, 2.45) is 5.73 Å². The molecule has 0 amide bonds. The van der Waals surface area contributed by atoms with Gasteiger partial charge in [-0.25, -0.2) is 0 Å². The SMILES string of the molecule is CCc1c(C2(CN)CC2)ccc2c1OCCO2. The molecule has 0 atom stereocenters. The lowest BCUT2D eigenvalue weighted by Gasteiger charge is -2.25. The molecule has 1 fully saturated rings. The van der Waals surface area contributed by atoms with Crippen LogP contribution in [0.4, 0.5) is 0 Å². The molecule has 1 aromatic rings. The fraction of sp³-hybridized carbons (Fsp3) is 0.571. The van der Waals surface area contributed by atoms with Gasteiger partial charge in [0.25, 0.3) is 0 Å². The molecule has 3 heteroatoms. The second kappa shape index (κ2) is 3.91. The maximum atomic E-state index is 5.93. The van der Waals surface area contributed by atoms with Crippen LogP contribution in [0.3, 0.4) is 0 Å². The van der Waals surface area contributed by atoms with Gasteiger partial charge in [-0.2, -0.15) is 0 Å². The molecule has 0 saturated heterocycles. The van der Waals surface area contributed by atoms with Gasteiger partial charge in [-0.15, -0.1) is 0 Å². The minimum atomic E-state index is 0.223. The minimum Gasteiger partial charge on any atom is -0.486 e. The molecule has 3 nitrogen and oxygen atoms in total. The van der Waals surface area contributed by atoms with E-state index in [4.69, 9.17) is 15.2 Å². The van der Waals surface area contributed by atoms with Crippen LogP contribution >= 0.6 is 0 Å². The quantitative estimate of drug-likeness (QED) is 0.868. The van der Waals surface area contributed by atoms with E-state index in [2.05, 4.69) is 13.0 Å². The number of hydrogen-bond donors (Lipinski definition) is 1. The van der Waals surface area contributed by atoms with Crippen molar-refractivity contribution in [3.8, 4) is 11.5 Å². The number of hydrogen-bond acceptors (Lipinski definition) is 3. The van der Waals surface area contributed by atoms with Crippen LogP contribution in [0.2, 0.25) is 0 Å². The average molecular weight is 233 g/mol. The third-order valence-corrected chi connectivity index (χ3v) is 3.98. The third-order valence-electron chi connectivity index (χ3n) is 3.98. The highest BCUT2D eigenvalue weighted by molar-refractivity contribution is 5.55. The van der Waals surface area contributed by atoms with Gasteiger partial charge in [0.15, 0.2) is 11.5 Å². The Hall–Kier alpha value is -1.22. The molecule has 2 aliphatic rings. The van der Waals surface area contributed by atoms with Gasteiger partial charge < -0.3 is 15.2 Å². The van der Waals surface area contributed by atoms with E-state index in [1.54, 1.807) is 0 Å². The molecule has 1 heterocycles. The van der Waals surface area contributed by atoms with E-state index in [1.807, 2.05) is 6.07 Å². The van der Waals surface area contributed by atoms with Gasteiger partial charge in [-0.1, -0.05) is 13.0 Å². The lowest BCUT2D eigenvalue weighted by Crippen LogP contribution is -2.23. The zero-order chi connectivity index (χ0) is 11.9. The van der Waals surface area contributed by atoms with Crippen molar-refractivity contribution < 1.29 is 9.47 Å². The standard InChI is InChI=1S/C14H19NO2/c1-2-10-11(14(9-15)5-6-14)3-4-12-13(10)17-8-7-16-12/h3-4H,2,5-9,15H2,1H3. The summed E-state index contributed by atoms with van der Waals surface area (Å²) in [6.45, 7) is 4.21. The van der Waals surface area contributed by atoms with Gasteiger partial charge >= 0.3 is 0 Å².